The molecule has 0 fully saturated rings. The first-order valence-corrected chi connectivity index (χ1v) is 5.19. The first kappa shape index (κ1) is 11.3. The molecule has 0 atom stereocenters. The molecule has 0 aliphatic rings. The average molecular weight is 230 g/mol. The Balaban J connectivity index is 2.69. The van der Waals surface area contributed by atoms with Crippen molar-refractivity contribution in [2.24, 2.45) is 0 Å². The Kier molecular flexibility index (Phi) is 3.14. The zero-order valence-corrected chi connectivity index (χ0v) is 9.81. The van der Waals surface area contributed by atoms with Gasteiger partial charge < -0.3 is 15.2 Å². The summed E-state index contributed by atoms with van der Waals surface area (Å²) in [6, 6.07) is 9.32. The fraction of sp³-hybridized carbons (Fsp3) is 0.154. The molecule has 2 aromatic rings. The van der Waals surface area contributed by atoms with E-state index in [9.17, 15) is 0 Å². The smallest absolute Gasteiger partial charge is 0.131 e. The number of ether oxygens (including phenoxy) is 2. The van der Waals surface area contributed by atoms with E-state index < -0.39 is 0 Å². The summed E-state index contributed by atoms with van der Waals surface area (Å²) < 4.78 is 10.7. The largest absolute Gasteiger partial charge is 0.496 e. The summed E-state index contributed by atoms with van der Waals surface area (Å²) >= 11 is 0. The number of rotatable bonds is 3. The van der Waals surface area contributed by atoms with Crippen LogP contribution in [0, 0.1) is 0 Å². The van der Waals surface area contributed by atoms with Crippen molar-refractivity contribution < 1.29 is 9.47 Å². The Labute approximate surface area is 100 Å². The van der Waals surface area contributed by atoms with E-state index in [2.05, 4.69) is 4.98 Å². The standard InChI is InChI=1S/C13H14N2O2/c1-16-10-6-3-7-11(17-2)12(10)9-5-4-8-15-13(9)14/h3-8H,1-2H3,(H2,14,15). The van der Waals surface area contributed by atoms with E-state index in [1.807, 2.05) is 30.3 Å². The Bertz CT molecular complexity index is 504. The zero-order valence-electron chi connectivity index (χ0n) is 9.81. The minimum Gasteiger partial charge on any atom is -0.496 e. The molecule has 0 saturated heterocycles. The highest BCUT2D eigenvalue weighted by Gasteiger charge is 2.14. The molecular weight excluding hydrogens is 216 g/mol. The number of pyridine rings is 1. The summed E-state index contributed by atoms with van der Waals surface area (Å²) in [6.07, 6.45) is 1.65. The highest BCUT2D eigenvalue weighted by atomic mass is 16.5. The third kappa shape index (κ3) is 2.01. The summed E-state index contributed by atoms with van der Waals surface area (Å²) in [6.45, 7) is 0. The molecule has 0 aliphatic heterocycles. The number of hydrogen-bond acceptors (Lipinski definition) is 4. The molecule has 2 N–H and O–H groups in total. The first-order chi connectivity index (χ1) is 8.27. The Morgan fingerprint density at radius 3 is 2.18 bits per heavy atom. The fourth-order valence-corrected chi connectivity index (χ4v) is 1.75. The predicted octanol–water partition coefficient (Wildman–Crippen LogP) is 2.35. The van der Waals surface area contributed by atoms with Crippen LogP contribution in [0.5, 0.6) is 11.5 Å². The number of nitrogens with two attached hydrogens (primary N) is 1. The second-order valence-electron chi connectivity index (χ2n) is 3.47. The van der Waals surface area contributed by atoms with Gasteiger partial charge in [-0.25, -0.2) is 4.98 Å². The van der Waals surface area contributed by atoms with Gasteiger partial charge >= 0.3 is 0 Å². The maximum Gasteiger partial charge on any atom is 0.131 e. The molecule has 2 rings (SSSR count). The number of nitrogen functional groups attached to an aromatic ring is 1. The van der Waals surface area contributed by atoms with E-state index >= 15 is 0 Å². The topological polar surface area (TPSA) is 57.4 Å². The van der Waals surface area contributed by atoms with E-state index in [0.717, 1.165) is 11.1 Å². The first-order valence-electron chi connectivity index (χ1n) is 5.19. The van der Waals surface area contributed by atoms with Gasteiger partial charge in [0.05, 0.1) is 19.8 Å². The van der Waals surface area contributed by atoms with Crippen molar-refractivity contribution in [2.75, 3.05) is 20.0 Å². The zero-order chi connectivity index (χ0) is 12.3. The summed E-state index contributed by atoms with van der Waals surface area (Å²) in [5.41, 5.74) is 7.51. The van der Waals surface area contributed by atoms with Crippen molar-refractivity contribution >= 4 is 5.82 Å². The van der Waals surface area contributed by atoms with Crippen LogP contribution in [0.3, 0.4) is 0 Å². The van der Waals surface area contributed by atoms with E-state index in [1.54, 1.807) is 20.4 Å². The minimum absolute atomic E-state index is 0.454. The minimum atomic E-state index is 0.454. The van der Waals surface area contributed by atoms with Crippen molar-refractivity contribution in [3.8, 4) is 22.6 Å². The highest BCUT2D eigenvalue weighted by molar-refractivity contribution is 5.83. The molecule has 1 heterocycles. The van der Waals surface area contributed by atoms with Crippen LogP contribution in [0.1, 0.15) is 0 Å². The molecule has 17 heavy (non-hydrogen) atoms. The molecular formula is C13H14N2O2. The monoisotopic (exact) mass is 230 g/mol. The van der Waals surface area contributed by atoms with E-state index in [1.165, 1.54) is 0 Å². The van der Waals surface area contributed by atoms with Gasteiger partial charge in [0.15, 0.2) is 0 Å². The normalized spacial score (nSPS) is 10.0. The van der Waals surface area contributed by atoms with Crippen LogP contribution in [0.4, 0.5) is 5.82 Å². The second-order valence-corrected chi connectivity index (χ2v) is 3.47. The van der Waals surface area contributed by atoms with Crippen LogP contribution < -0.4 is 15.2 Å². The van der Waals surface area contributed by atoms with Crippen LogP contribution in [0.25, 0.3) is 11.1 Å². The van der Waals surface area contributed by atoms with Gasteiger partial charge in [-0.3, -0.25) is 0 Å². The lowest BCUT2D eigenvalue weighted by Crippen LogP contribution is -1.97. The lowest BCUT2D eigenvalue weighted by Gasteiger charge is -2.13. The van der Waals surface area contributed by atoms with Crippen LogP contribution >= 0.6 is 0 Å². The van der Waals surface area contributed by atoms with Crippen molar-refractivity contribution in [3.63, 3.8) is 0 Å². The van der Waals surface area contributed by atoms with Gasteiger partial charge in [-0.2, -0.15) is 0 Å². The molecule has 0 spiro atoms. The van der Waals surface area contributed by atoms with Crippen LogP contribution in [0.2, 0.25) is 0 Å². The number of methoxy groups -OCH3 is 2. The van der Waals surface area contributed by atoms with E-state index in [-0.39, 0.29) is 0 Å². The molecule has 4 nitrogen and oxygen atoms in total. The highest BCUT2D eigenvalue weighted by Crippen LogP contribution is 2.39. The Morgan fingerprint density at radius 2 is 1.65 bits per heavy atom. The van der Waals surface area contributed by atoms with Crippen LogP contribution in [-0.2, 0) is 0 Å². The van der Waals surface area contributed by atoms with Gasteiger partial charge in [-0.15, -0.1) is 0 Å². The van der Waals surface area contributed by atoms with Gasteiger partial charge in [0.25, 0.3) is 0 Å². The van der Waals surface area contributed by atoms with Crippen molar-refractivity contribution in [1.29, 1.82) is 0 Å². The van der Waals surface area contributed by atoms with Crippen molar-refractivity contribution in [1.82, 2.24) is 4.98 Å². The predicted molar refractivity (Wildman–Crippen MR) is 67.2 cm³/mol. The van der Waals surface area contributed by atoms with Crippen molar-refractivity contribution in [3.05, 3.63) is 36.5 Å². The van der Waals surface area contributed by atoms with Gasteiger partial charge in [0.2, 0.25) is 0 Å². The lowest BCUT2D eigenvalue weighted by atomic mass is 10.0. The Morgan fingerprint density at radius 1 is 1.00 bits per heavy atom. The summed E-state index contributed by atoms with van der Waals surface area (Å²) in [5, 5.41) is 0. The van der Waals surface area contributed by atoms with Crippen LogP contribution in [-0.4, -0.2) is 19.2 Å². The molecule has 1 aromatic heterocycles. The van der Waals surface area contributed by atoms with Gasteiger partial charge in [-0.1, -0.05) is 6.07 Å². The number of anilines is 1. The molecule has 0 saturated carbocycles. The number of hydrogen-bond donors (Lipinski definition) is 1. The third-order valence-corrected chi connectivity index (χ3v) is 2.54. The lowest BCUT2D eigenvalue weighted by molar-refractivity contribution is 0.397. The summed E-state index contributed by atoms with van der Waals surface area (Å²) in [7, 11) is 3.23. The van der Waals surface area contributed by atoms with Gasteiger partial charge in [0.1, 0.15) is 17.3 Å². The Hall–Kier alpha value is -2.23. The quantitative estimate of drug-likeness (QED) is 0.879. The fourth-order valence-electron chi connectivity index (χ4n) is 1.75. The molecule has 0 radical (unpaired) electrons. The third-order valence-electron chi connectivity index (χ3n) is 2.54. The molecule has 1 aromatic carbocycles. The summed E-state index contributed by atoms with van der Waals surface area (Å²) in [5.74, 6) is 1.88. The van der Waals surface area contributed by atoms with Crippen LogP contribution in [0.15, 0.2) is 36.5 Å². The molecule has 4 heteroatoms. The number of benzene rings is 1. The SMILES string of the molecule is COc1cccc(OC)c1-c1cccnc1N. The maximum absolute atomic E-state index is 5.88. The number of aromatic nitrogens is 1. The molecule has 0 bridgehead atoms. The molecule has 0 amide bonds. The molecule has 88 valence electrons. The van der Waals surface area contributed by atoms with Gasteiger partial charge in [0, 0.05) is 11.8 Å². The maximum atomic E-state index is 5.88. The molecule has 0 aliphatic carbocycles. The second kappa shape index (κ2) is 4.74. The number of nitrogens with zero attached hydrogens (tertiary/aromatic N) is 1. The van der Waals surface area contributed by atoms with Gasteiger partial charge in [-0.05, 0) is 24.3 Å². The summed E-state index contributed by atoms with van der Waals surface area (Å²) in [4.78, 5) is 4.07. The van der Waals surface area contributed by atoms with Crippen molar-refractivity contribution in [2.45, 2.75) is 0 Å². The average Bonchev–Trinajstić information content (AvgIpc) is 2.38. The molecule has 0 unspecified atom stereocenters. The van der Waals surface area contributed by atoms with E-state index in [0.29, 0.717) is 17.3 Å². The van der Waals surface area contributed by atoms with E-state index in [4.69, 9.17) is 15.2 Å².